The molecule has 7 nitrogen and oxygen atoms in total. The van der Waals surface area contributed by atoms with Crippen LogP contribution >= 0.6 is 0 Å². The van der Waals surface area contributed by atoms with Gasteiger partial charge in [-0.25, -0.2) is 0 Å². The van der Waals surface area contributed by atoms with Crippen LogP contribution in [-0.2, 0) is 0 Å². The summed E-state index contributed by atoms with van der Waals surface area (Å²) >= 11 is 0. The lowest BCUT2D eigenvalue weighted by molar-refractivity contribution is 0.231. The number of anilines is 3. The summed E-state index contributed by atoms with van der Waals surface area (Å²) in [7, 11) is 0. The molecule has 0 unspecified atom stereocenters. The van der Waals surface area contributed by atoms with Gasteiger partial charge in [-0.15, -0.1) is 10.2 Å². The Balaban J connectivity index is 1.59. The summed E-state index contributed by atoms with van der Waals surface area (Å²) in [6.45, 7) is 11.7. The van der Waals surface area contributed by atoms with E-state index in [-0.39, 0.29) is 5.56 Å². The maximum Gasteiger partial charge on any atom is 0.273 e. The Bertz CT molecular complexity index is 747. The lowest BCUT2D eigenvalue weighted by atomic mass is 10.2. The van der Waals surface area contributed by atoms with E-state index in [1.54, 1.807) is 6.92 Å². The molecular formula is C18H26N6O. The average molecular weight is 342 g/mol. The maximum atomic E-state index is 11.6. The summed E-state index contributed by atoms with van der Waals surface area (Å²) < 4.78 is 0. The van der Waals surface area contributed by atoms with Gasteiger partial charge in [0.15, 0.2) is 0 Å². The number of nitrogens with zero attached hydrogens (tertiary/aromatic N) is 4. The largest absolute Gasteiger partial charge is 0.369 e. The first-order chi connectivity index (χ1) is 12.0. The van der Waals surface area contributed by atoms with Crippen molar-refractivity contribution in [2.24, 2.45) is 5.92 Å². The van der Waals surface area contributed by atoms with Crippen LogP contribution in [0.1, 0.15) is 19.5 Å². The molecule has 1 saturated heterocycles. The fourth-order valence-corrected chi connectivity index (χ4v) is 3.05. The molecular weight excluding hydrogens is 316 g/mol. The van der Waals surface area contributed by atoms with E-state index in [0.717, 1.165) is 31.9 Å². The SMILES string of the molecule is Cc1nnc(Nc2ccc(N3CCN(CC(C)C)CC3)cc2)[nH]c1=O. The molecule has 1 aromatic carbocycles. The molecule has 1 fully saturated rings. The molecule has 25 heavy (non-hydrogen) atoms. The fourth-order valence-electron chi connectivity index (χ4n) is 3.05. The van der Waals surface area contributed by atoms with Crippen molar-refractivity contribution in [1.82, 2.24) is 20.1 Å². The molecule has 3 rings (SSSR count). The van der Waals surface area contributed by atoms with Crippen molar-refractivity contribution in [3.63, 3.8) is 0 Å². The van der Waals surface area contributed by atoms with Crippen molar-refractivity contribution in [2.45, 2.75) is 20.8 Å². The van der Waals surface area contributed by atoms with Crippen molar-refractivity contribution in [2.75, 3.05) is 42.9 Å². The first-order valence-corrected chi connectivity index (χ1v) is 8.79. The number of piperazine rings is 1. The van der Waals surface area contributed by atoms with Gasteiger partial charge in [0, 0.05) is 44.1 Å². The van der Waals surface area contributed by atoms with Crippen molar-refractivity contribution < 1.29 is 0 Å². The lowest BCUT2D eigenvalue weighted by Gasteiger charge is -2.36. The van der Waals surface area contributed by atoms with Gasteiger partial charge in [0.1, 0.15) is 5.69 Å². The van der Waals surface area contributed by atoms with Crippen molar-refractivity contribution in [1.29, 1.82) is 0 Å². The summed E-state index contributed by atoms with van der Waals surface area (Å²) in [5.41, 5.74) is 2.22. The summed E-state index contributed by atoms with van der Waals surface area (Å²) in [4.78, 5) is 19.2. The number of nitrogens with one attached hydrogen (secondary N) is 2. The predicted octanol–water partition coefficient (Wildman–Crippen LogP) is 1.99. The highest BCUT2D eigenvalue weighted by molar-refractivity contribution is 5.59. The number of hydrogen-bond donors (Lipinski definition) is 2. The molecule has 0 aliphatic carbocycles. The fraction of sp³-hybridized carbons (Fsp3) is 0.500. The first-order valence-electron chi connectivity index (χ1n) is 8.79. The van der Waals surface area contributed by atoms with Crippen molar-refractivity contribution >= 4 is 17.3 Å². The average Bonchev–Trinajstić information content (AvgIpc) is 2.59. The topological polar surface area (TPSA) is 77.2 Å². The van der Waals surface area contributed by atoms with E-state index in [1.165, 1.54) is 12.2 Å². The van der Waals surface area contributed by atoms with Crippen LogP contribution in [0.5, 0.6) is 0 Å². The Morgan fingerprint density at radius 1 is 1.12 bits per heavy atom. The smallest absolute Gasteiger partial charge is 0.273 e. The van der Waals surface area contributed by atoms with Crippen LogP contribution in [0.25, 0.3) is 0 Å². The van der Waals surface area contributed by atoms with E-state index >= 15 is 0 Å². The second-order valence-corrected chi connectivity index (χ2v) is 6.94. The van der Waals surface area contributed by atoms with Crippen molar-refractivity contribution in [3.8, 4) is 0 Å². The molecule has 1 aromatic heterocycles. The Morgan fingerprint density at radius 3 is 2.40 bits per heavy atom. The van der Waals surface area contributed by atoms with Crippen LogP contribution in [0.2, 0.25) is 0 Å². The molecule has 0 radical (unpaired) electrons. The number of H-pyrrole nitrogens is 1. The Labute approximate surface area is 148 Å². The standard InChI is InChI=1S/C18H26N6O/c1-13(2)12-23-8-10-24(11-9-23)16-6-4-15(5-7-16)19-18-20-17(25)14(3)21-22-18/h4-7,13H,8-12H2,1-3H3,(H2,19,20,22,25). The van der Waals surface area contributed by atoms with Gasteiger partial charge < -0.3 is 10.2 Å². The van der Waals surface area contributed by atoms with E-state index < -0.39 is 0 Å². The third-order valence-corrected chi connectivity index (χ3v) is 4.35. The van der Waals surface area contributed by atoms with E-state index in [1.807, 2.05) is 12.1 Å². The molecule has 1 aliphatic heterocycles. The summed E-state index contributed by atoms with van der Waals surface area (Å²) in [5.74, 6) is 1.07. The monoisotopic (exact) mass is 342 g/mol. The molecule has 0 atom stereocenters. The minimum absolute atomic E-state index is 0.228. The molecule has 7 heteroatoms. The number of benzene rings is 1. The maximum absolute atomic E-state index is 11.6. The number of aromatic amines is 1. The van der Waals surface area contributed by atoms with Crippen LogP contribution in [0.3, 0.4) is 0 Å². The molecule has 2 aromatic rings. The first kappa shape index (κ1) is 17.4. The van der Waals surface area contributed by atoms with Crippen LogP contribution in [0, 0.1) is 12.8 Å². The minimum Gasteiger partial charge on any atom is -0.369 e. The molecule has 0 amide bonds. The molecule has 0 spiro atoms. The Morgan fingerprint density at radius 2 is 1.80 bits per heavy atom. The van der Waals surface area contributed by atoms with Gasteiger partial charge in [-0.1, -0.05) is 13.8 Å². The molecule has 1 aliphatic rings. The van der Waals surface area contributed by atoms with Crippen LogP contribution in [0.4, 0.5) is 17.3 Å². The summed E-state index contributed by atoms with van der Waals surface area (Å²) in [6, 6.07) is 8.19. The van der Waals surface area contributed by atoms with Gasteiger partial charge >= 0.3 is 0 Å². The third-order valence-electron chi connectivity index (χ3n) is 4.35. The zero-order valence-corrected chi connectivity index (χ0v) is 15.1. The highest BCUT2D eigenvalue weighted by Crippen LogP contribution is 2.21. The highest BCUT2D eigenvalue weighted by atomic mass is 16.1. The third kappa shape index (κ3) is 4.57. The van der Waals surface area contributed by atoms with Crippen LogP contribution in [0.15, 0.2) is 29.1 Å². The molecule has 0 saturated carbocycles. The molecule has 134 valence electrons. The van der Waals surface area contributed by atoms with E-state index in [2.05, 4.69) is 56.3 Å². The predicted molar refractivity (Wildman–Crippen MR) is 101 cm³/mol. The normalized spacial score (nSPS) is 15.6. The number of aromatic nitrogens is 3. The zero-order chi connectivity index (χ0) is 17.8. The lowest BCUT2D eigenvalue weighted by Crippen LogP contribution is -2.47. The zero-order valence-electron chi connectivity index (χ0n) is 15.1. The van der Waals surface area contributed by atoms with Gasteiger partial charge in [-0.3, -0.25) is 14.7 Å². The van der Waals surface area contributed by atoms with Gasteiger partial charge in [0.05, 0.1) is 0 Å². The molecule has 2 heterocycles. The van der Waals surface area contributed by atoms with Crippen molar-refractivity contribution in [3.05, 3.63) is 40.3 Å². The van der Waals surface area contributed by atoms with E-state index in [9.17, 15) is 4.79 Å². The van der Waals surface area contributed by atoms with Gasteiger partial charge in [0.2, 0.25) is 5.95 Å². The van der Waals surface area contributed by atoms with E-state index in [0.29, 0.717) is 17.6 Å². The van der Waals surface area contributed by atoms with E-state index in [4.69, 9.17) is 0 Å². The Kier molecular flexibility index (Phi) is 5.33. The summed E-state index contributed by atoms with van der Waals surface area (Å²) in [5, 5.41) is 10.8. The summed E-state index contributed by atoms with van der Waals surface area (Å²) in [6.07, 6.45) is 0. The van der Waals surface area contributed by atoms with Gasteiger partial charge in [-0.2, -0.15) is 0 Å². The van der Waals surface area contributed by atoms with Gasteiger partial charge in [0.25, 0.3) is 5.56 Å². The molecule has 2 N–H and O–H groups in total. The molecule has 0 bridgehead atoms. The van der Waals surface area contributed by atoms with Gasteiger partial charge in [-0.05, 0) is 37.1 Å². The quantitative estimate of drug-likeness (QED) is 0.865. The second-order valence-electron chi connectivity index (χ2n) is 6.94. The Hall–Kier alpha value is -2.41. The number of rotatable bonds is 5. The minimum atomic E-state index is -0.228. The number of hydrogen-bond acceptors (Lipinski definition) is 6. The second kappa shape index (κ2) is 7.65. The number of aryl methyl sites for hydroxylation is 1. The van der Waals surface area contributed by atoms with Crippen LogP contribution < -0.4 is 15.8 Å². The van der Waals surface area contributed by atoms with Crippen LogP contribution in [-0.4, -0.2) is 52.8 Å². The highest BCUT2D eigenvalue weighted by Gasteiger charge is 2.17.